The van der Waals surface area contributed by atoms with Crippen LogP contribution in [0.25, 0.3) is 22.3 Å². The number of benzene rings is 2. The Hall–Kier alpha value is -2.55. The third-order valence-corrected chi connectivity index (χ3v) is 4.23. The number of hydrogen-bond acceptors (Lipinski definition) is 3. The van der Waals surface area contributed by atoms with Gasteiger partial charge in [-0.05, 0) is 25.0 Å². The van der Waals surface area contributed by atoms with Gasteiger partial charge in [-0.3, -0.25) is 4.79 Å². The van der Waals surface area contributed by atoms with Crippen LogP contribution in [-0.4, -0.2) is 13.1 Å². The van der Waals surface area contributed by atoms with Crippen molar-refractivity contribution in [3.8, 4) is 11.3 Å². The summed E-state index contributed by atoms with van der Waals surface area (Å²) in [6, 6.07) is 17.4. The van der Waals surface area contributed by atoms with Crippen LogP contribution in [0.3, 0.4) is 0 Å². The highest BCUT2D eigenvalue weighted by Crippen LogP contribution is 2.32. The van der Waals surface area contributed by atoms with Gasteiger partial charge in [0.1, 0.15) is 11.3 Å². The Balaban J connectivity index is 2.04. The van der Waals surface area contributed by atoms with Crippen molar-refractivity contribution in [3.63, 3.8) is 0 Å². The van der Waals surface area contributed by atoms with E-state index in [4.69, 9.17) is 4.42 Å². The van der Waals surface area contributed by atoms with Gasteiger partial charge in [0.05, 0.1) is 5.39 Å². The van der Waals surface area contributed by atoms with E-state index in [9.17, 15) is 4.79 Å². The van der Waals surface area contributed by atoms with E-state index in [0.717, 1.165) is 31.5 Å². The first kappa shape index (κ1) is 13.1. The van der Waals surface area contributed by atoms with E-state index in [2.05, 4.69) is 4.90 Å². The predicted molar refractivity (Wildman–Crippen MR) is 89.4 cm³/mol. The molecule has 1 fully saturated rings. The van der Waals surface area contributed by atoms with Gasteiger partial charge in [-0.2, -0.15) is 0 Å². The lowest BCUT2D eigenvalue weighted by Gasteiger charge is -2.20. The maximum atomic E-state index is 13.0. The molecular weight excluding hydrogens is 274 g/mol. The molecule has 0 unspecified atom stereocenters. The Morgan fingerprint density at radius 2 is 1.55 bits per heavy atom. The molecule has 4 rings (SSSR count). The molecular formula is C19H17NO2. The Bertz CT molecular complexity index is 861. The SMILES string of the molecule is O=c1c(N2CCCC2)c(-c2ccccc2)oc2ccccc12. The monoisotopic (exact) mass is 291 g/mol. The maximum Gasteiger partial charge on any atom is 0.216 e. The van der Waals surface area contributed by atoms with Gasteiger partial charge < -0.3 is 9.32 Å². The lowest BCUT2D eigenvalue weighted by Crippen LogP contribution is -2.25. The van der Waals surface area contributed by atoms with E-state index >= 15 is 0 Å². The Morgan fingerprint density at radius 3 is 2.32 bits per heavy atom. The zero-order valence-electron chi connectivity index (χ0n) is 12.3. The molecule has 1 aromatic heterocycles. The van der Waals surface area contributed by atoms with Crippen LogP contribution in [-0.2, 0) is 0 Å². The zero-order chi connectivity index (χ0) is 14.9. The summed E-state index contributed by atoms with van der Waals surface area (Å²) in [6.07, 6.45) is 2.25. The van der Waals surface area contributed by atoms with Gasteiger partial charge in [-0.15, -0.1) is 0 Å². The van der Waals surface area contributed by atoms with Gasteiger partial charge >= 0.3 is 0 Å². The van der Waals surface area contributed by atoms with Crippen LogP contribution in [0.15, 0.2) is 63.8 Å². The molecule has 0 saturated carbocycles. The average molecular weight is 291 g/mol. The molecule has 0 amide bonds. The third kappa shape index (κ3) is 2.10. The number of rotatable bonds is 2. The van der Waals surface area contributed by atoms with Crippen LogP contribution in [0.2, 0.25) is 0 Å². The van der Waals surface area contributed by atoms with Crippen LogP contribution in [0.4, 0.5) is 5.69 Å². The van der Waals surface area contributed by atoms with Crippen molar-refractivity contribution < 1.29 is 4.42 Å². The number of anilines is 1. The largest absolute Gasteiger partial charge is 0.454 e. The van der Waals surface area contributed by atoms with Crippen LogP contribution >= 0.6 is 0 Å². The van der Waals surface area contributed by atoms with E-state index < -0.39 is 0 Å². The van der Waals surface area contributed by atoms with Crippen molar-refractivity contribution in [2.45, 2.75) is 12.8 Å². The van der Waals surface area contributed by atoms with E-state index in [0.29, 0.717) is 22.4 Å². The smallest absolute Gasteiger partial charge is 0.216 e. The highest BCUT2D eigenvalue weighted by molar-refractivity contribution is 5.86. The fourth-order valence-corrected chi connectivity index (χ4v) is 3.15. The Labute approximate surface area is 128 Å². The summed E-state index contributed by atoms with van der Waals surface area (Å²) < 4.78 is 6.13. The average Bonchev–Trinajstić information content (AvgIpc) is 3.10. The molecule has 0 bridgehead atoms. The van der Waals surface area contributed by atoms with Crippen LogP contribution < -0.4 is 10.3 Å². The molecule has 0 N–H and O–H groups in total. The van der Waals surface area contributed by atoms with Gasteiger partial charge in [0.25, 0.3) is 0 Å². The summed E-state index contributed by atoms with van der Waals surface area (Å²) in [4.78, 5) is 15.2. The molecule has 2 heterocycles. The minimum Gasteiger partial charge on any atom is -0.454 e. The molecule has 1 aliphatic heterocycles. The highest BCUT2D eigenvalue weighted by atomic mass is 16.3. The van der Waals surface area contributed by atoms with E-state index in [1.165, 1.54) is 0 Å². The number of nitrogens with zero attached hydrogens (tertiary/aromatic N) is 1. The first-order valence-electron chi connectivity index (χ1n) is 7.71. The van der Waals surface area contributed by atoms with Crippen molar-refractivity contribution in [2.75, 3.05) is 18.0 Å². The molecule has 0 spiro atoms. The van der Waals surface area contributed by atoms with Crippen LogP contribution in [0.5, 0.6) is 0 Å². The Kier molecular flexibility index (Phi) is 3.19. The quantitative estimate of drug-likeness (QED) is 0.714. The van der Waals surface area contributed by atoms with Gasteiger partial charge in [-0.25, -0.2) is 0 Å². The first-order valence-corrected chi connectivity index (χ1v) is 7.71. The second-order valence-corrected chi connectivity index (χ2v) is 5.67. The zero-order valence-corrected chi connectivity index (χ0v) is 12.3. The van der Waals surface area contributed by atoms with Gasteiger partial charge in [-0.1, -0.05) is 42.5 Å². The predicted octanol–water partition coefficient (Wildman–Crippen LogP) is 4.06. The Morgan fingerprint density at radius 1 is 0.864 bits per heavy atom. The first-order chi connectivity index (χ1) is 10.8. The molecule has 22 heavy (non-hydrogen) atoms. The van der Waals surface area contributed by atoms with E-state index in [1.54, 1.807) is 0 Å². The molecule has 110 valence electrons. The topological polar surface area (TPSA) is 33.5 Å². The van der Waals surface area contributed by atoms with Gasteiger partial charge in [0.15, 0.2) is 5.76 Å². The second-order valence-electron chi connectivity index (χ2n) is 5.67. The van der Waals surface area contributed by atoms with Crippen molar-refractivity contribution >= 4 is 16.7 Å². The molecule has 0 radical (unpaired) electrons. The number of para-hydroxylation sites is 1. The van der Waals surface area contributed by atoms with Crippen LogP contribution in [0, 0.1) is 0 Å². The lowest BCUT2D eigenvalue weighted by molar-refractivity contribution is 0.616. The molecule has 1 saturated heterocycles. The van der Waals surface area contributed by atoms with E-state index in [-0.39, 0.29) is 5.43 Å². The molecule has 1 aliphatic rings. The van der Waals surface area contributed by atoms with Crippen molar-refractivity contribution in [2.24, 2.45) is 0 Å². The fraction of sp³-hybridized carbons (Fsp3) is 0.211. The summed E-state index contributed by atoms with van der Waals surface area (Å²) in [7, 11) is 0. The minimum absolute atomic E-state index is 0.0719. The van der Waals surface area contributed by atoms with Crippen molar-refractivity contribution in [1.29, 1.82) is 0 Å². The second kappa shape index (κ2) is 5.34. The molecule has 3 heteroatoms. The minimum atomic E-state index is 0.0719. The highest BCUT2D eigenvalue weighted by Gasteiger charge is 2.23. The fourth-order valence-electron chi connectivity index (χ4n) is 3.15. The standard InChI is InChI=1S/C19H17NO2/c21-18-15-10-4-5-11-16(15)22-19(14-8-2-1-3-9-14)17(18)20-12-6-7-13-20/h1-5,8-11H,6-7,12-13H2. The van der Waals surface area contributed by atoms with Crippen LogP contribution in [0.1, 0.15) is 12.8 Å². The normalized spacial score (nSPS) is 14.6. The maximum absolute atomic E-state index is 13.0. The lowest BCUT2D eigenvalue weighted by atomic mass is 10.1. The molecule has 0 atom stereocenters. The summed E-state index contributed by atoms with van der Waals surface area (Å²) in [6.45, 7) is 1.84. The molecule has 3 aromatic rings. The van der Waals surface area contributed by atoms with E-state index in [1.807, 2.05) is 54.6 Å². The third-order valence-electron chi connectivity index (χ3n) is 4.23. The van der Waals surface area contributed by atoms with Gasteiger partial charge in [0, 0.05) is 18.7 Å². The molecule has 3 nitrogen and oxygen atoms in total. The van der Waals surface area contributed by atoms with Crippen molar-refractivity contribution in [1.82, 2.24) is 0 Å². The number of hydrogen-bond donors (Lipinski definition) is 0. The number of fused-ring (bicyclic) bond motifs is 1. The summed E-state index contributed by atoms with van der Waals surface area (Å²) >= 11 is 0. The van der Waals surface area contributed by atoms with Gasteiger partial charge in [0.2, 0.25) is 5.43 Å². The molecule has 0 aliphatic carbocycles. The summed E-state index contributed by atoms with van der Waals surface area (Å²) in [5.41, 5.74) is 2.38. The summed E-state index contributed by atoms with van der Waals surface area (Å²) in [5.74, 6) is 0.686. The summed E-state index contributed by atoms with van der Waals surface area (Å²) in [5, 5.41) is 0.657. The van der Waals surface area contributed by atoms with Crippen molar-refractivity contribution in [3.05, 3.63) is 64.8 Å². The molecule has 2 aromatic carbocycles.